The van der Waals surface area contributed by atoms with Gasteiger partial charge in [-0.2, -0.15) is 0 Å². The molecule has 2 aromatic rings. The second kappa shape index (κ2) is 3.82. The van der Waals surface area contributed by atoms with Gasteiger partial charge in [-0.15, -0.1) is 0 Å². The fourth-order valence-corrected chi connectivity index (χ4v) is 2.67. The van der Waals surface area contributed by atoms with Crippen LogP contribution >= 0.6 is 0 Å². The number of rotatable bonds is 3. The Bertz CT molecular complexity index is 594. The fraction of sp³-hybridized carbons (Fsp3) is 0.467. The SMILES string of the molecule is Cc1cc2ccn(CC3(N(C)C)CC3)c2cc1F. The van der Waals surface area contributed by atoms with E-state index in [2.05, 4.69) is 35.8 Å². The van der Waals surface area contributed by atoms with E-state index >= 15 is 0 Å². The van der Waals surface area contributed by atoms with E-state index in [4.69, 9.17) is 0 Å². The summed E-state index contributed by atoms with van der Waals surface area (Å²) in [7, 11) is 4.26. The first kappa shape index (κ1) is 11.7. The third-order valence-corrected chi connectivity index (χ3v) is 4.29. The Balaban J connectivity index is 2.01. The van der Waals surface area contributed by atoms with Gasteiger partial charge in [-0.25, -0.2) is 4.39 Å². The van der Waals surface area contributed by atoms with E-state index in [-0.39, 0.29) is 11.4 Å². The van der Waals surface area contributed by atoms with Crippen molar-refractivity contribution in [3.63, 3.8) is 0 Å². The topological polar surface area (TPSA) is 8.17 Å². The maximum Gasteiger partial charge on any atom is 0.128 e. The molecule has 18 heavy (non-hydrogen) atoms. The molecule has 1 heterocycles. The molecular formula is C15H19FN2. The van der Waals surface area contributed by atoms with Crippen LogP contribution in [0.25, 0.3) is 10.9 Å². The lowest BCUT2D eigenvalue weighted by Crippen LogP contribution is -2.34. The van der Waals surface area contributed by atoms with Gasteiger partial charge in [0.2, 0.25) is 0 Å². The van der Waals surface area contributed by atoms with Crippen molar-refractivity contribution in [2.45, 2.75) is 31.8 Å². The first-order valence-electron chi connectivity index (χ1n) is 6.44. The minimum absolute atomic E-state index is 0.114. The van der Waals surface area contributed by atoms with Crippen LogP contribution in [0.4, 0.5) is 4.39 Å². The smallest absolute Gasteiger partial charge is 0.128 e. The zero-order valence-corrected chi connectivity index (χ0v) is 11.2. The van der Waals surface area contributed by atoms with Crippen molar-refractivity contribution >= 4 is 10.9 Å². The summed E-state index contributed by atoms with van der Waals surface area (Å²) in [6.07, 6.45) is 4.54. The van der Waals surface area contributed by atoms with E-state index in [0.29, 0.717) is 5.56 Å². The molecule has 0 spiro atoms. The Hall–Kier alpha value is -1.35. The molecule has 1 aromatic carbocycles. The summed E-state index contributed by atoms with van der Waals surface area (Å²) in [4.78, 5) is 2.30. The van der Waals surface area contributed by atoms with Gasteiger partial charge in [-0.05, 0) is 57.6 Å². The first-order valence-corrected chi connectivity index (χ1v) is 6.44. The van der Waals surface area contributed by atoms with Crippen LogP contribution in [-0.2, 0) is 6.54 Å². The van der Waals surface area contributed by atoms with Crippen molar-refractivity contribution < 1.29 is 4.39 Å². The number of nitrogens with zero attached hydrogens (tertiary/aromatic N) is 2. The first-order chi connectivity index (χ1) is 8.52. The highest BCUT2D eigenvalue weighted by Crippen LogP contribution is 2.42. The molecule has 1 aliphatic carbocycles. The molecule has 1 aliphatic rings. The normalized spacial score (nSPS) is 17.6. The Morgan fingerprint density at radius 3 is 2.67 bits per heavy atom. The summed E-state index contributed by atoms with van der Waals surface area (Å²) in [6, 6.07) is 5.67. The third kappa shape index (κ3) is 1.74. The molecule has 0 radical (unpaired) electrons. The molecule has 0 atom stereocenters. The number of halogens is 1. The van der Waals surface area contributed by atoms with Crippen molar-refractivity contribution in [2.75, 3.05) is 14.1 Å². The van der Waals surface area contributed by atoms with Crippen LogP contribution in [0.5, 0.6) is 0 Å². The molecule has 0 aliphatic heterocycles. The van der Waals surface area contributed by atoms with E-state index in [1.165, 1.54) is 12.8 Å². The van der Waals surface area contributed by atoms with Crippen molar-refractivity contribution in [2.24, 2.45) is 0 Å². The van der Waals surface area contributed by atoms with Gasteiger partial charge >= 0.3 is 0 Å². The third-order valence-electron chi connectivity index (χ3n) is 4.29. The van der Waals surface area contributed by atoms with E-state index < -0.39 is 0 Å². The highest BCUT2D eigenvalue weighted by Gasteiger charge is 2.45. The zero-order chi connectivity index (χ0) is 12.9. The molecule has 3 heteroatoms. The molecule has 96 valence electrons. The van der Waals surface area contributed by atoms with Crippen molar-refractivity contribution in [3.8, 4) is 0 Å². The maximum absolute atomic E-state index is 13.7. The highest BCUT2D eigenvalue weighted by molar-refractivity contribution is 5.81. The van der Waals surface area contributed by atoms with Gasteiger partial charge in [-0.1, -0.05) is 0 Å². The highest BCUT2D eigenvalue weighted by atomic mass is 19.1. The van der Waals surface area contributed by atoms with Gasteiger partial charge in [0.15, 0.2) is 0 Å². The summed E-state index contributed by atoms with van der Waals surface area (Å²) in [5, 5.41) is 1.13. The number of fused-ring (bicyclic) bond motifs is 1. The average Bonchev–Trinajstić information content (AvgIpc) is 3.01. The van der Waals surface area contributed by atoms with E-state index in [9.17, 15) is 4.39 Å². The van der Waals surface area contributed by atoms with Crippen LogP contribution in [0.1, 0.15) is 18.4 Å². The Morgan fingerprint density at radius 1 is 1.33 bits per heavy atom. The lowest BCUT2D eigenvalue weighted by atomic mass is 10.1. The standard InChI is InChI=1S/C15H19FN2/c1-11-8-12-4-7-18(14(12)9-13(11)16)10-15(5-6-15)17(2)3/h4,7-9H,5-6,10H2,1-3H3. The lowest BCUT2D eigenvalue weighted by Gasteiger charge is -2.24. The zero-order valence-electron chi connectivity index (χ0n) is 11.2. The molecule has 3 rings (SSSR count). The van der Waals surface area contributed by atoms with Crippen molar-refractivity contribution in [1.29, 1.82) is 0 Å². The van der Waals surface area contributed by atoms with Gasteiger partial charge in [0.25, 0.3) is 0 Å². The predicted octanol–water partition coefficient (Wildman–Crippen LogP) is 3.18. The molecule has 0 N–H and O–H groups in total. The maximum atomic E-state index is 13.7. The number of aryl methyl sites for hydroxylation is 1. The minimum Gasteiger partial charge on any atom is -0.346 e. The molecular weight excluding hydrogens is 227 g/mol. The Labute approximate surface area is 107 Å². The van der Waals surface area contributed by atoms with Crippen LogP contribution in [0.15, 0.2) is 24.4 Å². The molecule has 2 nitrogen and oxygen atoms in total. The summed E-state index contributed by atoms with van der Waals surface area (Å²) in [5.74, 6) is -0.114. The van der Waals surface area contributed by atoms with Gasteiger partial charge in [0, 0.05) is 23.7 Å². The van der Waals surface area contributed by atoms with E-state index in [0.717, 1.165) is 17.4 Å². The molecule has 0 amide bonds. The van der Waals surface area contributed by atoms with Gasteiger partial charge < -0.3 is 9.47 Å². The molecule has 1 fully saturated rings. The monoisotopic (exact) mass is 246 g/mol. The number of benzene rings is 1. The van der Waals surface area contributed by atoms with Crippen LogP contribution in [0.2, 0.25) is 0 Å². The summed E-state index contributed by atoms with van der Waals surface area (Å²) in [6.45, 7) is 2.76. The van der Waals surface area contributed by atoms with Gasteiger partial charge in [-0.3, -0.25) is 0 Å². The fourth-order valence-electron chi connectivity index (χ4n) is 2.67. The molecule has 0 bridgehead atoms. The second-order valence-electron chi connectivity index (χ2n) is 5.72. The molecule has 0 unspecified atom stereocenters. The summed E-state index contributed by atoms with van der Waals surface area (Å²) >= 11 is 0. The van der Waals surface area contributed by atoms with Gasteiger partial charge in [0.05, 0.1) is 5.52 Å². The number of likely N-dealkylation sites (N-methyl/N-ethyl adjacent to an activating group) is 1. The van der Waals surface area contributed by atoms with Crippen molar-refractivity contribution in [3.05, 3.63) is 35.8 Å². The summed E-state index contributed by atoms with van der Waals surface area (Å²) < 4.78 is 15.9. The van der Waals surface area contributed by atoms with Crippen LogP contribution in [0.3, 0.4) is 0 Å². The predicted molar refractivity (Wildman–Crippen MR) is 72.3 cm³/mol. The largest absolute Gasteiger partial charge is 0.346 e. The Morgan fingerprint density at radius 2 is 2.06 bits per heavy atom. The lowest BCUT2D eigenvalue weighted by molar-refractivity contribution is 0.244. The summed E-state index contributed by atoms with van der Waals surface area (Å²) in [5.41, 5.74) is 2.01. The average molecular weight is 246 g/mol. The minimum atomic E-state index is -0.114. The molecule has 1 saturated carbocycles. The van der Waals surface area contributed by atoms with E-state index in [1.807, 2.05) is 13.0 Å². The van der Waals surface area contributed by atoms with Crippen LogP contribution < -0.4 is 0 Å². The van der Waals surface area contributed by atoms with E-state index in [1.54, 1.807) is 6.07 Å². The van der Waals surface area contributed by atoms with Crippen LogP contribution in [0, 0.1) is 12.7 Å². The van der Waals surface area contributed by atoms with Crippen LogP contribution in [-0.4, -0.2) is 29.1 Å². The quantitative estimate of drug-likeness (QED) is 0.807. The number of aromatic nitrogens is 1. The Kier molecular flexibility index (Phi) is 2.49. The molecule has 1 aromatic heterocycles. The second-order valence-corrected chi connectivity index (χ2v) is 5.72. The number of hydrogen-bond donors (Lipinski definition) is 0. The molecule has 0 saturated heterocycles. The number of hydrogen-bond acceptors (Lipinski definition) is 1. The van der Waals surface area contributed by atoms with Crippen molar-refractivity contribution in [1.82, 2.24) is 9.47 Å². The van der Waals surface area contributed by atoms with Gasteiger partial charge in [0.1, 0.15) is 5.82 Å².